The van der Waals surface area contributed by atoms with Crippen LogP contribution in [0.2, 0.25) is 0 Å². The molecule has 0 aliphatic carbocycles. The number of carbonyl (C=O) groups is 2. The summed E-state index contributed by atoms with van der Waals surface area (Å²) in [4.78, 5) is 39.7. The Morgan fingerprint density at radius 2 is 1.59 bits per heavy atom. The third kappa shape index (κ3) is 4.42. The minimum atomic E-state index is -0.465. The van der Waals surface area contributed by atoms with Gasteiger partial charge in [-0.1, -0.05) is 6.07 Å². The van der Waals surface area contributed by atoms with Crippen molar-refractivity contribution in [2.45, 2.75) is 0 Å². The van der Waals surface area contributed by atoms with E-state index in [2.05, 4.69) is 41.6 Å². The van der Waals surface area contributed by atoms with Crippen LogP contribution in [-0.4, -0.2) is 31.8 Å². The maximum Gasteiger partial charge on any atom is 0.288 e. The lowest BCUT2D eigenvalue weighted by Crippen LogP contribution is -2.32. The summed E-state index contributed by atoms with van der Waals surface area (Å²) in [7, 11) is 0. The first kappa shape index (κ1) is 17.5. The molecule has 0 radical (unpaired) electrons. The van der Waals surface area contributed by atoms with Crippen molar-refractivity contribution >= 4 is 29.1 Å². The van der Waals surface area contributed by atoms with E-state index in [-0.39, 0.29) is 23.0 Å². The quantitative estimate of drug-likeness (QED) is 0.389. The van der Waals surface area contributed by atoms with E-state index in [0.29, 0.717) is 5.56 Å². The van der Waals surface area contributed by atoms with Gasteiger partial charge < -0.3 is 5.73 Å². The zero-order chi connectivity index (χ0) is 19.1. The first-order valence-electron chi connectivity index (χ1n) is 7.69. The molecule has 0 fully saturated rings. The van der Waals surface area contributed by atoms with E-state index >= 15 is 0 Å². The van der Waals surface area contributed by atoms with Crippen LogP contribution in [0, 0.1) is 0 Å². The van der Waals surface area contributed by atoms with Gasteiger partial charge in [0.1, 0.15) is 17.7 Å². The van der Waals surface area contributed by atoms with Gasteiger partial charge in [-0.2, -0.15) is 0 Å². The predicted octanol–water partition coefficient (Wildman–Crippen LogP) is 0.363. The third-order valence-electron chi connectivity index (χ3n) is 3.29. The Morgan fingerprint density at radius 1 is 0.852 bits per heavy atom. The number of nitrogens with zero attached hydrogens (tertiary/aromatic N) is 4. The van der Waals surface area contributed by atoms with Gasteiger partial charge in [-0.3, -0.25) is 41.3 Å². The molecule has 3 rings (SSSR count). The molecule has 27 heavy (non-hydrogen) atoms. The normalized spacial score (nSPS) is 9.93. The zero-order valence-electron chi connectivity index (χ0n) is 13.9. The maximum absolute atomic E-state index is 12.0. The van der Waals surface area contributed by atoms with Crippen molar-refractivity contribution in [2.24, 2.45) is 0 Å². The SMILES string of the molecule is Nc1c(NNC(=O)c2cccnc2)ncnc1NNC(=O)c1ccccn1. The zero-order valence-corrected chi connectivity index (χ0v) is 13.9. The molecule has 0 bridgehead atoms. The Labute approximate surface area is 153 Å². The molecule has 0 aromatic carbocycles. The molecule has 3 aromatic rings. The molecular weight excluding hydrogens is 350 g/mol. The molecule has 3 aromatic heterocycles. The molecule has 2 amide bonds. The molecule has 0 saturated carbocycles. The van der Waals surface area contributed by atoms with Crippen molar-refractivity contribution in [1.82, 2.24) is 30.8 Å². The maximum atomic E-state index is 12.0. The molecule has 0 atom stereocenters. The second-order valence-corrected chi connectivity index (χ2v) is 5.10. The Balaban J connectivity index is 1.62. The standard InChI is InChI=1S/C16H15N9O2/c17-12-13(22-24-15(26)10-4-3-6-18-8-10)20-9-21-14(12)23-25-16(27)11-5-1-2-7-19-11/h1-9H,17H2,(H,24,26)(H,25,27)(H2,20,21,22,23). The highest BCUT2D eigenvalue weighted by atomic mass is 16.2. The highest BCUT2D eigenvalue weighted by Crippen LogP contribution is 2.20. The average Bonchev–Trinajstić information content (AvgIpc) is 2.73. The summed E-state index contributed by atoms with van der Waals surface area (Å²) in [5.41, 5.74) is 16.7. The minimum absolute atomic E-state index is 0.0882. The van der Waals surface area contributed by atoms with Crippen LogP contribution < -0.4 is 27.4 Å². The molecule has 0 aliphatic heterocycles. The summed E-state index contributed by atoms with van der Waals surface area (Å²) in [6, 6.07) is 8.19. The van der Waals surface area contributed by atoms with Gasteiger partial charge in [0, 0.05) is 18.6 Å². The number of hydrogen-bond donors (Lipinski definition) is 5. The van der Waals surface area contributed by atoms with E-state index in [1.807, 2.05) is 0 Å². The molecule has 3 heterocycles. The van der Waals surface area contributed by atoms with Crippen LogP contribution in [0.25, 0.3) is 0 Å². The third-order valence-corrected chi connectivity index (χ3v) is 3.29. The van der Waals surface area contributed by atoms with E-state index < -0.39 is 11.8 Å². The Hall–Kier alpha value is -4.28. The van der Waals surface area contributed by atoms with Crippen molar-refractivity contribution in [2.75, 3.05) is 16.6 Å². The number of anilines is 3. The van der Waals surface area contributed by atoms with Crippen LogP contribution in [-0.2, 0) is 0 Å². The molecule has 0 aliphatic rings. The lowest BCUT2D eigenvalue weighted by molar-refractivity contribution is 0.0951. The van der Waals surface area contributed by atoms with E-state index in [1.165, 1.54) is 18.7 Å². The van der Waals surface area contributed by atoms with Gasteiger partial charge in [0.15, 0.2) is 11.6 Å². The van der Waals surface area contributed by atoms with Crippen molar-refractivity contribution in [3.05, 3.63) is 66.5 Å². The number of hydrogen-bond acceptors (Lipinski definition) is 9. The highest BCUT2D eigenvalue weighted by molar-refractivity contribution is 5.95. The van der Waals surface area contributed by atoms with Crippen LogP contribution in [0.4, 0.5) is 17.3 Å². The summed E-state index contributed by atoms with van der Waals surface area (Å²) >= 11 is 0. The second kappa shape index (κ2) is 8.20. The monoisotopic (exact) mass is 365 g/mol. The van der Waals surface area contributed by atoms with E-state index in [1.54, 1.807) is 36.5 Å². The second-order valence-electron chi connectivity index (χ2n) is 5.10. The molecule has 6 N–H and O–H groups in total. The fourth-order valence-electron chi connectivity index (χ4n) is 1.96. The van der Waals surface area contributed by atoms with E-state index in [4.69, 9.17) is 5.73 Å². The highest BCUT2D eigenvalue weighted by Gasteiger charge is 2.12. The first-order valence-corrected chi connectivity index (χ1v) is 7.69. The van der Waals surface area contributed by atoms with E-state index in [9.17, 15) is 9.59 Å². The molecule has 11 heteroatoms. The number of rotatable bonds is 6. The molecule has 0 saturated heterocycles. The van der Waals surface area contributed by atoms with Gasteiger partial charge in [-0.25, -0.2) is 9.97 Å². The molecule has 136 valence electrons. The van der Waals surface area contributed by atoms with Gasteiger partial charge in [-0.15, -0.1) is 0 Å². The fraction of sp³-hybridized carbons (Fsp3) is 0. The Kier molecular flexibility index (Phi) is 5.33. The molecular formula is C16H15N9O2. The summed E-state index contributed by atoms with van der Waals surface area (Å²) in [5.74, 6) is -0.587. The van der Waals surface area contributed by atoms with Crippen molar-refractivity contribution in [3.8, 4) is 0 Å². The number of aromatic nitrogens is 4. The lowest BCUT2D eigenvalue weighted by atomic mass is 10.3. The van der Waals surface area contributed by atoms with Crippen LogP contribution in [0.15, 0.2) is 55.2 Å². The lowest BCUT2D eigenvalue weighted by Gasteiger charge is -2.13. The summed E-state index contributed by atoms with van der Waals surface area (Å²) in [6.07, 6.45) is 5.69. The van der Waals surface area contributed by atoms with Crippen LogP contribution in [0.1, 0.15) is 20.8 Å². The van der Waals surface area contributed by atoms with Crippen LogP contribution >= 0.6 is 0 Å². The van der Waals surface area contributed by atoms with Crippen LogP contribution in [0.5, 0.6) is 0 Å². The number of pyridine rings is 2. The van der Waals surface area contributed by atoms with Gasteiger partial charge in [-0.05, 0) is 24.3 Å². The van der Waals surface area contributed by atoms with Crippen molar-refractivity contribution in [3.63, 3.8) is 0 Å². The number of nitrogen functional groups attached to an aromatic ring is 1. The fourth-order valence-corrected chi connectivity index (χ4v) is 1.96. The average molecular weight is 365 g/mol. The van der Waals surface area contributed by atoms with Crippen molar-refractivity contribution < 1.29 is 9.59 Å². The predicted molar refractivity (Wildman–Crippen MR) is 97.1 cm³/mol. The van der Waals surface area contributed by atoms with E-state index in [0.717, 1.165) is 0 Å². The number of nitrogens with one attached hydrogen (secondary N) is 4. The minimum Gasteiger partial charge on any atom is -0.393 e. The topological polar surface area (TPSA) is 160 Å². The molecule has 0 unspecified atom stereocenters. The number of hydrazine groups is 2. The summed E-state index contributed by atoms with van der Waals surface area (Å²) in [5, 5.41) is 0. The van der Waals surface area contributed by atoms with Gasteiger partial charge in [0.05, 0.1) is 5.56 Å². The Morgan fingerprint density at radius 3 is 2.22 bits per heavy atom. The summed E-state index contributed by atoms with van der Waals surface area (Å²) in [6.45, 7) is 0. The van der Waals surface area contributed by atoms with Crippen LogP contribution in [0.3, 0.4) is 0 Å². The van der Waals surface area contributed by atoms with Gasteiger partial charge in [0.2, 0.25) is 0 Å². The van der Waals surface area contributed by atoms with Gasteiger partial charge in [0.25, 0.3) is 11.8 Å². The molecule has 0 spiro atoms. The molecule has 11 nitrogen and oxygen atoms in total. The largest absolute Gasteiger partial charge is 0.393 e. The summed E-state index contributed by atoms with van der Waals surface area (Å²) < 4.78 is 0. The Bertz CT molecular complexity index is 861. The number of nitrogens with two attached hydrogens (primary N) is 1. The van der Waals surface area contributed by atoms with Crippen molar-refractivity contribution in [1.29, 1.82) is 0 Å². The first-order chi connectivity index (χ1) is 13.1. The number of amides is 2. The van der Waals surface area contributed by atoms with Gasteiger partial charge >= 0.3 is 0 Å². The smallest absolute Gasteiger partial charge is 0.288 e. The number of carbonyl (C=O) groups excluding carboxylic acids is 2.